The van der Waals surface area contributed by atoms with E-state index in [-0.39, 0.29) is 6.04 Å². The molecule has 0 atom stereocenters. The van der Waals surface area contributed by atoms with Crippen LogP contribution in [0.25, 0.3) is 0 Å². The van der Waals surface area contributed by atoms with Gasteiger partial charge in [0, 0.05) is 6.04 Å². The maximum atomic E-state index is 12.7. The Hall–Kier alpha value is -0.850. The lowest BCUT2D eigenvalue weighted by Crippen LogP contribution is -2.36. The molecule has 0 bridgehead atoms. The van der Waals surface area contributed by atoms with Crippen LogP contribution in [0.1, 0.15) is 13.8 Å². The molecule has 19 heavy (non-hydrogen) atoms. The molecule has 0 N–H and O–H groups in total. The third kappa shape index (κ3) is 3.01. The van der Waals surface area contributed by atoms with Gasteiger partial charge in [0.05, 0.1) is 9.47 Å². The molecule has 3 nitrogen and oxygen atoms in total. The topological polar surface area (TPSA) is 37.4 Å². The van der Waals surface area contributed by atoms with E-state index >= 15 is 0 Å². The number of sulfonamides is 1. The number of benzene rings is 1. The minimum Gasteiger partial charge on any atom is -0.263 e. The summed E-state index contributed by atoms with van der Waals surface area (Å²) in [7, 11) is -3.51. The van der Waals surface area contributed by atoms with Crippen LogP contribution in [0.2, 0.25) is 0 Å². The van der Waals surface area contributed by atoms with Crippen molar-refractivity contribution < 1.29 is 8.42 Å². The maximum Gasteiger partial charge on any atom is 0.274 e. The first-order valence-electron chi connectivity index (χ1n) is 5.78. The van der Waals surface area contributed by atoms with Gasteiger partial charge < -0.3 is 0 Å². The number of anilines is 1. The molecule has 0 aliphatic heterocycles. The maximum absolute atomic E-state index is 12.7. The van der Waals surface area contributed by atoms with Crippen LogP contribution in [0.3, 0.4) is 0 Å². The van der Waals surface area contributed by atoms with Gasteiger partial charge in [-0.25, -0.2) is 8.42 Å². The molecule has 0 saturated heterocycles. The van der Waals surface area contributed by atoms with Gasteiger partial charge in [0.25, 0.3) is 10.0 Å². The van der Waals surface area contributed by atoms with Crippen molar-refractivity contribution >= 4 is 43.0 Å². The van der Waals surface area contributed by atoms with Crippen molar-refractivity contribution in [3.63, 3.8) is 0 Å². The number of para-hydroxylation sites is 1. The average Bonchev–Trinajstić information content (AvgIpc) is 2.77. The Kier molecular flexibility index (Phi) is 4.32. The van der Waals surface area contributed by atoms with E-state index in [0.29, 0.717) is 9.90 Å². The predicted octanol–water partition coefficient (Wildman–Crippen LogP) is 4.11. The number of rotatable bonds is 4. The van der Waals surface area contributed by atoms with Gasteiger partial charge in [0.1, 0.15) is 4.21 Å². The summed E-state index contributed by atoms with van der Waals surface area (Å²) in [6, 6.07) is 12.4. The highest BCUT2D eigenvalue weighted by Crippen LogP contribution is 2.32. The molecule has 0 amide bonds. The van der Waals surface area contributed by atoms with Crippen molar-refractivity contribution in [1.82, 2.24) is 0 Å². The van der Waals surface area contributed by atoms with Crippen LogP contribution >= 0.6 is 27.3 Å². The van der Waals surface area contributed by atoms with E-state index in [0.717, 1.165) is 3.79 Å². The zero-order valence-corrected chi connectivity index (χ0v) is 13.8. The van der Waals surface area contributed by atoms with Gasteiger partial charge in [-0.15, -0.1) is 11.3 Å². The number of hydrogen-bond acceptors (Lipinski definition) is 3. The van der Waals surface area contributed by atoms with Crippen molar-refractivity contribution in [3.05, 3.63) is 46.3 Å². The molecule has 0 saturated carbocycles. The highest BCUT2D eigenvalue weighted by atomic mass is 79.9. The molecule has 0 radical (unpaired) electrons. The van der Waals surface area contributed by atoms with Crippen LogP contribution in [0, 0.1) is 0 Å². The molecule has 102 valence electrons. The summed E-state index contributed by atoms with van der Waals surface area (Å²) in [6.45, 7) is 3.74. The summed E-state index contributed by atoms with van der Waals surface area (Å²) in [5.74, 6) is 0. The second-order valence-electron chi connectivity index (χ2n) is 4.29. The summed E-state index contributed by atoms with van der Waals surface area (Å²) in [5.41, 5.74) is 0.682. The number of nitrogens with zero attached hydrogens (tertiary/aromatic N) is 1. The summed E-state index contributed by atoms with van der Waals surface area (Å²) in [6.07, 6.45) is 0. The van der Waals surface area contributed by atoms with Crippen molar-refractivity contribution in [1.29, 1.82) is 0 Å². The number of halogens is 1. The van der Waals surface area contributed by atoms with Gasteiger partial charge in [-0.05, 0) is 54.0 Å². The molecule has 2 rings (SSSR count). The van der Waals surface area contributed by atoms with E-state index in [2.05, 4.69) is 15.9 Å². The van der Waals surface area contributed by atoms with Gasteiger partial charge in [-0.1, -0.05) is 18.2 Å². The highest BCUT2D eigenvalue weighted by molar-refractivity contribution is 9.11. The fourth-order valence-corrected chi connectivity index (χ4v) is 5.58. The smallest absolute Gasteiger partial charge is 0.263 e. The Morgan fingerprint density at radius 1 is 1.11 bits per heavy atom. The van der Waals surface area contributed by atoms with Crippen molar-refractivity contribution in [2.45, 2.75) is 24.1 Å². The number of hydrogen-bond donors (Lipinski definition) is 0. The van der Waals surface area contributed by atoms with Gasteiger partial charge in [-0.2, -0.15) is 0 Å². The monoisotopic (exact) mass is 359 g/mol. The Morgan fingerprint density at radius 3 is 2.21 bits per heavy atom. The predicted molar refractivity (Wildman–Crippen MR) is 83.3 cm³/mol. The molecule has 1 aromatic carbocycles. The molecule has 2 aromatic rings. The lowest BCUT2D eigenvalue weighted by Gasteiger charge is -2.27. The molecule has 0 spiro atoms. The highest BCUT2D eigenvalue weighted by Gasteiger charge is 2.28. The first-order chi connectivity index (χ1) is 8.93. The van der Waals surface area contributed by atoms with E-state index in [1.807, 2.05) is 32.0 Å². The van der Waals surface area contributed by atoms with Crippen LogP contribution in [0.5, 0.6) is 0 Å². The minimum absolute atomic E-state index is 0.145. The summed E-state index contributed by atoms with van der Waals surface area (Å²) in [5, 5.41) is 0. The molecule has 6 heteroatoms. The first-order valence-corrected chi connectivity index (χ1v) is 8.82. The molecule has 1 heterocycles. The van der Waals surface area contributed by atoms with Crippen LogP contribution in [0.15, 0.2) is 50.5 Å². The normalized spacial score (nSPS) is 11.8. The van der Waals surface area contributed by atoms with Crippen molar-refractivity contribution in [2.24, 2.45) is 0 Å². The zero-order valence-electron chi connectivity index (χ0n) is 10.6. The largest absolute Gasteiger partial charge is 0.274 e. The molecule has 1 aromatic heterocycles. The van der Waals surface area contributed by atoms with Crippen LogP contribution in [-0.2, 0) is 10.0 Å². The van der Waals surface area contributed by atoms with E-state index in [1.165, 1.54) is 15.6 Å². The van der Waals surface area contributed by atoms with Crippen LogP contribution < -0.4 is 4.31 Å². The fraction of sp³-hybridized carbons (Fsp3) is 0.231. The van der Waals surface area contributed by atoms with E-state index in [1.54, 1.807) is 24.3 Å². The molecule has 0 aliphatic carbocycles. The van der Waals surface area contributed by atoms with Gasteiger partial charge >= 0.3 is 0 Å². The van der Waals surface area contributed by atoms with Gasteiger partial charge in [-0.3, -0.25) is 4.31 Å². The second kappa shape index (κ2) is 5.64. The van der Waals surface area contributed by atoms with Crippen molar-refractivity contribution in [2.75, 3.05) is 4.31 Å². The Bertz CT molecular complexity index is 650. The molecular formula is C13H14BrNO2S2. The Balaban J connectivity index is 2.51. The van der Waals surface area contributed by atoms with Crippen molar-refractivity contribution in [3.8, 4) is 0 Å². The first kappa shape index (κ1) is 14.6. The minimum atomic E-state index is -3.51. The Labute approximate surface area is 126 Å². The molecular weight excluding hydrogens is 346 g/mol. The quantitative estimate of drug-likeness (QED) is 0.823. The Morgan fingerprint density at radius 2 is 1.74 bits per heavy atom. The number of thiophene rings is 1. The second-order valence-corrected chi connectivity index (χ2v) is 8.79. The summed E-state index contributed by atoms with van der Waals surface area (Å²) >= 11 is 4.52. The molecule has 0 fully saturated rings. The fourth-order valence-electron chi connectivity index (χ4n) is 1.82. The van der Waals surface area contributed by atoms with E-state index in [9.17, 15) is 8.42 Å². The van der Waals surface area contributed by atoms with Crippen LogP contribution in [0.4, 0.5) is 5.69 Å². The van der Waals surface area contributed by atoms with Gasteiger partial charge in [0.15, 0.2) is 0 Å². The lowest BCUT2D eigenvalue weighted by molar-refractivity contribution is 0.586. The summed E-state index contributed by atoms with van der Waals surface area (Å²) < 4.78 is 28.0. The zero-order chi connectivity index (χ0) is 14.0. The van der Waals surface area contributed by atoms with E-state index < -0.39 is 10.0 Å². The van der Waals surface area contributed by atoms with Gasteiger partial charge in [0.2, 0.25) is 0 Å². The molecule has 0 unspecified atom stereocenters. The summed E-state index contributed by atoms with van der Waals surface area (Å²) in [4.78, 5) is 0. The average molecular weight is 360 g/mol. The standard InChI is InChI=1S/C13H14BrNO2S2/c1-10(2)15(11-6-4-3-5-7-11)19(16,17)13-9-8-12(14)18-13/h3-10H,1-2H3. The SMILES string of the molecule is CC(C)N(c1ccccc1)S(=O)(=O)c1ccc(Br)s1. The van der Waals surface area contributed by atoms with Crippen LogP contribution in [-0.4, -0.2) is 14.5 Å². The third-order valence-corrected chi connectivity index (χ3v) is 6.64. The molecule has 0 aliphatic rings. The van der Waals surface area contributed by atoms with E-state index in [4.69, 9.17) is 0 Å². The third-order valence-electron chi connectivity index (χ3n) is 2.54. The lowest BCUT2D eigenvalue weighted by atomic mass is 10.3.